The first kappa shape index (κ1) is 17.2. The van der Waals surface area contributed by atoms with Crippen molar-refractivity contribution in [2.45, 2.75) is 41.5 Å². The van der Waals surface area contributed by atoms with Crippen LogP contribution in [0.4, 0.5) is 5.69 Å². The van der Waals surface area contributed by atoms with Crippen LogP contribution in [0, 0.1) is 19.3 Å². The minimum absolute atomic E-state index is 0.00794. The largest absolute Gasteiger partial charge is 0.354 e. The van der Waals surface area contributed by atoms with E-state index < -0.39 is 5.41 Å². The summed E-state index contributed by atoms with van der Waals surface area (Å²) in [5.41, 5.74) is 2.70. The number of carbonyl (C=O) groups excluding carboxylic acids is 2. The zero-order valence-corrected chi connectivity index (χ0v) is 13.9. The van der Waals surface area contributed by atoms with Crippen molar-refractivity contribution in [1.82, 2.24) is 5.32 Å². The Labute approximate surface area is 127 Å². The van der Waals surface area contributed by atoms with Crippen molar-refractivity contribution in [3.05, 3.63) is 29.3 Å². The lowest BCUT2D eigenvalue weighted by atomic mass is 9.96. The summed E-state index contributed by atoms with van der Waals surface area (Å²) in [6.45, 7) is 12.1. The molecule has 0 aliphatic heterocycles. The number of anilines is 1. The van der Waals surface area contributed by atoms with Crippen molar-refractivity contribution in [2.24, 2.45) is 5.41 Å². The summed E-state index contributed by atoms with van der Waals surface area (Å²) in [4.78, 5) is 25.4. The third-order valence-electron chi connectivity index (χ3n) is 3.20. The summed E-state index contributed by atoms with van der Waals surface area (Å²) >= 11 is 0. The Bertz CT molecular complexity index is 510. The summed E-state index contributed by atoms with van der Waals surface area (Å²) in [6, 6.07) is 6.04. The van der Waals surface area contributed by atoms with Gasteiger partial charge in [0.25, 0.3) is 0 Å². The summed E-state index contributed by atoms with van der Waals surface area (Å²) in [6.07, 6.45) is 0. The van der Waals surface area contributed by atoms with Crippen LogP contribution in [-0.4, -0.2) is 24.9 Å². The highest BCUT2D eigenvalue weighted by Gasteiger charge is 2.21. The van der Waals surface area contributed by atoms with Crippen LogP contribution in [0.5, 0.6) is 0 Å². The standard InChI is InChI=1S/C17H26N2O2/c1-12-9-13(2)11-15(10-12)19(14(3)20)8-7-18-16(21)17(4,5)6/h9-11H,7-8H2,1-6H3,(H,18,21). The fourth-order valence-electron chi connectivity index (χ4n) is 2.12. The van der Waals surface area contributed by atoms with E-state index in [1.165, 1.54) is 0 Å². The van der Waals surface area contributed by atoms with Gasteiger partial charge in [0.15, 0.2) is 0 Å². The highest BCUT2D eigenvalue weighted by atomic mass is 16.2. The molecule has 2 amide bonds. The van der Waals surface area contributed by atoms with Crippen LogP contribution in [-0.2, 0) is 9.59 Å². The molecule has 0 aliphatic rings. The summed E-state index contributed by atoms with van der Waals surface area (Å²) in [7, 11) is 0. The van der Waals surface area contributed by atoms with Crippen molar-refractivity contribution in [2.75, 3.05) is 18.0 Å². The lowest BCUT2D eigenvalue weighted by Gasteiger charge is -2.24. The lowest BCUT2D eigenvalue weighted by Crippen LogP contribution is -2.41. The molecule has 0 radical (unpaired) electrons. The van der Waals surface area contributed by atoms with E-state index >= 15 is 0 Å². The van der Waals surface area contributed by atoms with Gasteiger partial charge in [0.2, 0.25) is 11.8 Å². The smallest absolute Gasteiger partial charge is 0.225 e. The van der Waals surface area contributed by atoms with Gasteiger partial charge in [-0.25, -0.2) is 0 Å². The maximum atomic E-state index is 11.9. The highest BCUT2D eigenvalue weighted by molar-refractivity contribution is 5.91. The van der Waals surface area contributed by atoms with Gasteiger partial charge in [-0.05, 0) is 37.1 Å². The van der Waals surface area contributed by atoms with Crippen LogP contribution >= 0.6 is 0 Å². The second kappa shape index (κ2) is 6.74. The van der Waals surface area contributed by atoms with E-state index in [1.807, 2.05) is 46.8 Å². The Hall–Kier alpha value is -1.84. The Morgan fingerprint density at radius 2 is 1.62 bits per heavy atom. The number of hydrogen-bond acceptors (Lipinski definition) is 2. The first-order chi connectivity index (χ1) is 9.61. The van der Waals surface area contributed by atoms with Gasteiger partial charge >= 0.3 is 0 Å². The molecule has 1 aromatic rings. The first-order valence-corrected chi connectivity index (χ1v) is 7.26. The molecule has 4 nitrogen and oxygen atoms in total. The minimum Gasteiger partial charge on any atom is -0.354 e. The molecule has 0 spiro atoms. The molecule has 0 bridgehead atoms. The van der Waals surface area contributed by atoms with E-state index in [4.69, 9.17) is 0 Å². The van der Waals surface area contributed by atoms with Gasteiger partial charge < -0.3 is 10.2 Å². The number of rotatable bonds is 4. The fourth-order valence-corrected chi connectivity index (χ4v) is 2.12. The molecule has 0 fully saturated rings. The highest BCUT2D eigenvalue weighted by Crippen LogP contribution is 2.19. The van der Waals surface area contributed by atoms with Crippen molar-refractivity contribution in [3.8, 4) is 0 Å². The van der Waals surface area contributed by atoms with E-state index in [2.05, 4.69) is 11.4 Å². The van der Waals surface area contributed by atoms with E-state index in [-0.39, 0.29) is 11.8 Å². The molecule has 0 atom stereocenters. The molecule has 1 N–H and O–H groups in total. The SMILES string of the molecule is CC(=O)N(CCNC(=O)C(C)(C)C)c1cc(C)cc(C)c1. The van der Waals surface area contributed by atoms with Gasteiger partial charge in [-0.3, -0.25) is 9.59 Å². The van der Waals surface area contributed by atoms with Crippen LogP contribution < -0.4 is 10.2 Å². The van der Waals surface area contributed by atoms with Gasteiger partial charge in [-0.1, -0.05) is 26.8 Å². The molecule has 21 heavy (non-hydrogen) atoms. The summed E-state index contributed by atoms with van der Waals surface area (Å²) in [5.74, 6) is -0.0311. The molecule has 0 unspecified atom stereocenters. The predicted molar refractivity (Wildman–Crippen MR) is 86.4 cm³/mol. The van der Waals surface area contributed by atoms with Gasteiger partial charge in [0, 0.05) is 31.1 Å². The molecular formula is C17H26N2O2. The third-order valence-corrected chi connectivity index (χ3v) is 3.20. The normalized spacial score (nSPS) is 11.1. The molecule has 116 valence electrons. The Kier molecular flexibility index (Phi) is 5.53. The quantitative estimate of drug-likeness (QED) is 0.927. The summed E-state index contributed by atoms with van der Waals surface area (Å²) < 4.78 is 0. The molecule has 1 rings (SSSR count). The van der Waals surface area contributed by atoms with Crippen molar-refractivity contribution < 1.29 is 9.59 Å². The van der Waals surface area contributed by atoms with Gasteiger partial charge in [-0.15, -0.1) is 0 Å². The van der Waals surface area contributed by atoms with Gasteiger partial charge in [0.1, 0.15) is 0 Å². The van der Waals surface area contributed by atoms with Crippen LogP contribution in [0.25, 0.3) is 0 Å². The number of nitrogens with one attached hydrogen (secondary N) is 1. The van der Waals surface area contributed by atoms with Crippen LogP contribution in [0.3, 0.4) is 0 Å². The molecule has 1 aromatic carbocycles. The van der Waals surface area contributed by atoms with Crippen LogP contribution in [0.2, 0.25) is 0 Å². The average Bonchev–Trinajstić information content (AvgIpc) is 2.31. The number of benzene rings is 1. The maximum absolute atomic E-state index is 11.9. The fraction of sp³-hybridized carbons (Fsp3) is 0.529. The molecule has 0 saturated heterocycles. The van der Waals surface area contributed by atoms with Gasteiger partial charge in [0.05, 0.1) is 0 Å². The molecular weight excluding hydrogens is 264 g/mol. The van der Waals surface area contributed by atoms with E-state index in [1.54, 1.807) is 11.8 Å². The molecule has 4 heteroatoms. The Morgan fingerprint density at radius 1 is 1.10 bits per heavy atom. The number of hydrogen-bond donors (Lipinski definition) is 1. The van der Waals surface area contributed by atoms with Crippen LogP contribution in [0.1, 0.15) is 38.8 Å². The monoisotopic (exact) mass is 290 g/mol. The first-order valence-electron chi connectivity index (χ1n) is 7.26. The van der Waals surface area contributed by atoms with Crippen LogP contribution in [0.15, 0.2) is 18.2 Å². The average molecular weight is 290 g/mol. The minimum atomic E-state index is -0.416. The second-order valence-corrected chi connectivity index (χ2v) is 6.52. The van der Waals surface area contributed by atoms with E-state index in [9.17, 15) is 9.59 Å². The molecule has 0 aliphatic carbocycles. The molecule has 0 heterocycles. The Balaban J connectivity index is 2.76. The number of aryl methyl sites for hydroxylation is 2. The lowest BCUT2D eigenvalue weighted by molar-refractivity contribution is -0.128. The predicted octanol–water partition coefficient (Wildman–Crippen LogP) is 2.82. The zero-order chi connectivity index (χ0) is 16.2. The van der Waals surface area contributed by atoms with Crippen molar-refractivity contribution in [3.63, 3.8) is 0 Å². The van der Waals surface area contributed by atoms with E-state index in [0.717, 1.165) is 16.8 Å². The third kappa shape index (κ3) is 5.21. The summed E-state index contributed by atoms with van der Waals surface area (Å²) in [5, 5.41) is 2.87. The number of nitrogens with zero attached hydrogens (tertiary/aromatic N) is 1. The van der Waals surface area contributed by atoms with E-state index in [0.29, 0.717) is 13.1 Å². The Morgan fingerprint density at radius 3 is 2.05 bits per heavy atom. The van der Waals surface area contributed by atoms with Crippen molar-refractivity contribution >= 4 is 17.5 Å². The molecule has 0 aromatic heterocycles. The molecule has 0 saturated carbocycles. The topological polar surface area (TPSA) is 49.4 Å². The number of amides is 2. The second-order valence-electron chi connectivity index (χ2n) is 6.52. The van der Waals surface area contributed by atoms with Gasteiger partial charge in [-0.2, -0.15) is 0 Å². The zero-order valence-electron chi connectivity index (χ0n) is 13.9. The maximum Gasteiger partial charge on any atom is 0.225 e. The van der Waals surface area contributed by atoms with Crippen molar-refractivity contribution in [1.29, 1.82) is 0 Å². The number of carbonyl (C=O) groups is 2.